The van der Waals surface area contributed by atoms with Gasteiger partial charge in [0.1, 0.15) is 18.2 Å². The molecule has 8 heteroatoms. The van der Waals surface area contributed by atoms with Crippen molar-refractivity contribution in [2.75, 3.05) is 12.3 Å². The van der Waals surface area contributed by atoms with Crippen LogP contribution in [0.1, 0.15) is 18.3 Å². The van der Waals surface area contributed by atoms with Gasteiger partial charge in [-0.15, -0.1) is 0 Å². The molecule has 1 aliphatic heterocycles. The van der Waals surface area contributed by atoms with Gasteiger partial charge in [-0.05, 0) is 6.92 Å². The standard InChI is InChI=1S/C11H15N5O3/c1-5-9-10(12)13-4-14-11(9)16(15-5)8-2-6(18)7(3-17)19-8/h4,6-8,17-18H,2-3H2,1H3,(H2,12,13,14). The van der Waals surface area contributed by atoms with Crippen LogP contribution in [0.25, 0.3) is 11.0 Å². The molecule has 2 aromatic heterocycles. The molecule has 102 valence electrons. The van der Waals surface area contributed by atoms with Crippen LogP contribution in [0.5, 0.6) is 0 Å². The minimum Gasteiger partial charge on any atom is -0.394 e. The van der Waals surface area contributed by atoms with Gasteiger partial charge in [-0.2, -0.15) is 5.10 Å². The molecule has 19 heavy (non-hydrogen) atoms. The number of fused-ring (bicyclic) bond motifs is 1. The van der Waals surface area contributed by atoms with Crippen LogP contribution in [0.2, 0.25) is 0 Å². The zero-order chi connectivity index (χ0) is 13.6. The summed E-state index contributed by atoms with van der Waals surface area (Å²) in [7, 11) is 0. The Hall–Kier alpha value is -1.77. The lowest BCUT2D eigenvalue weighted by molar-refractivity contribution is -0.0471. The lowest BCUT2D eigenvalue weighted by Crippen LogP contribution is -2.24. The molecule has 0 radical (unpaired) electrons. The highest BCUT2D eigenvalue weighted by molar-refractivity contribution is 5.87. The van der Waals surface area contributed by atoms with Crippen molar-refractivity contribution in [3.05, 3.63) is 12.0 Å². The fourth-order valence-electron chi connectivity index (χ4n) is 2.40. The van der Waals surface area contributed by atoms with E-state index in [1.54, 1.807) is 4.68 Å². The summed E-state index contributed by atoms with van der Waals surface area (Å²) in [6.07, 6.45) is -0.0506. The Labute approximate surface area is 108 Å². The molecule has 0 spiro atoms. The third-order valence-corrected chi connectivity index (χ3v) is 3.35. The second-order valence-electron chi connectivity index (χ2n) is 4.60. The number of rotatable bonds is 2. The van der Waals surface area contributed by atoms with Crippen LogP contribution in [-0.4, -0.2) is 48.8 Å². The molecule has 1 fully saturated rings. The zero-order valence-electron chi connectivity index (χ0n) is 10.4. The number of ether oxygens (including phenoxy) is 1. The van der Waals surface area contributed by atoms with Gasteiger partial charge in [0, 0.05) is 6.42 Å². The predicted octanol–water partition coefficient (Wildman–Crippen LogP) is -0.642. The second kappa shape index (κ2) is 4.41. The summed E-state index contributed by atoms with van der Waals surface area (Å²) in [6, 6.07) is 0. The van der Waals surface area contributed by atoms with E-state index in [1.807, 2.05) is 6.92 Å². The topological polar surface area (TPSA) is 119 Å². The smallest absolute Gasteiger partial charge is 0.166 e. The number of aromatic nitrogens is 4. The Morgan fingerprint density at radius 1 is 1.53 bits per heavy atom. The minimum absolute atomic E-state index is 0.229. The molecule has 8 nitrogen and oxygen atoms in total. The van der Waals surface area contributed by atoms with E-state index in [0.717, 1.165) is 0 Å². The highest BCUT2D eigenvalue weighted by Gasteiger charge is 2.36. The normalized spacial score (nSPS) is 27.2. The Morgan fingerprint density at radius 2 is 2.32 bits per heavy atom. The van der Waals surface area contributed by atoms with Crippen molar-refractivity contribution in [1.29, 1.82) is 0 Å². The molecule has 0 aliphatic carbocycles. The summed E-state index contributed by atoms with van der Waals surface area (Å²) in [6.45, 7) is 1.58. The number of nitrogens with zero attached hydrogens (tertiary/aromatic N) is 4. The summed E-state index contributed by atoms with van der Waals surface area (Å²) in [5.41, 5.74) is 7.09. The molecular weight excluding hydrogens is 250 g/mol. The van der Waals surface area contributed by atoms with Crippen LogP contribution in [0, 0.1) is 6.92 Å². The number of anilines is 1. The van der Waals surface area contributed by atoms with E-state index in [2.05, 4.69) is 15.1 Å². The highest BCUT2D eigenvalue weighted by Crippen LogP contribution is 2.32. The molecule has 0 amide bonds. The van der Waals surface area contributed by atoms with Crippen molar-refractivity contribution in [2.45, 2.75) is 31.8 Å². The lowest BCUT2D eigenvalue weighted by atomic mass is 10.2. The molecule has 3 unspecified atom stereocenters. The van der Waals surface area contributed by atoms with Gasteiger partial charge in [0.2, 0.25) is 0 Å². The Morgan fingerprint density at radius 3 is 3.00 bits per heavy atom. The van der Waals surface area contributed by atoms with Gasteiger partial charge in [0.15, 0.2) is 11.9 Å². The number of hydrogen-bond acceptors (Lipinski definition) is 7. The first-order valence-corrected chi connectivity index (χ1v) is 6.01. The van der Waals surface area contributed by atoms with Gasteiger partial charge < -0.3 is 20.7 Å². The van der Waals surface area contributed by atoms with Gasteiger partial charge in [-0.25, -0.2) is 14.6 Å². The minimum atomic E-state index is -0.714. The molecule has 0 saturated carbocycles. The average molecular weight is 265 g/mol. The maximum Gasteiger partial charge on any atom is 0.166 e. The maximum absolute atomic E-state index is 9.77. The Kier molecular flexibility index (Phi) is 2.85. The zero-order valence-corrected chi connectivity index (χ0v) is 10.4. The summed E-state index contributed by atoms with van der Waals surface area (Å²) in [4.78, 5) is 8.11. The van der Waals surface area contributed by atoms with Gasteiger partial charge in [0.05, 0.1) is 23.8 Å². The van der Waals surface area contributed by atoms with Crippen molar-refractivity contribution >= 4 is 16.9 Å². The van der Waals surface area contributed by atoms with Gasteiger partial charge in [-0.1, -0.05) is 0 Å². The van der Waals surface area contributed by atoms with Crippen molar-refractivity contribution in [2.24, 2.45) is 0 Å². The number of aryl methyl sites for hydroxylation is 1. The van der Waals surface area contributed by atoms with E-state index in [4.69, 9.17) is 15.6 Å². The monoisotopic (exact) mass is 265 g/mol. The number of aliphatic hydroxyl groups excluding tert-OH is 2. The van der Waals surface area contributed by atoms with Crippen molar-refractivity contribution in [3.8, 4) is 0 Å². The fraction of sp³-hybridized carbons (Fsp3) is 0.545. The average Bonchev–Trinajstić information content (AvgIpc) is 2.91. The first-order valence-electron chi connectivity index (χ1n) is 6.01. The first kappa shape index (κ1) is 12.3. The van der Waals surface area contributed by atoms with Crippen molar-refractivity contribution in [3.63, 3.8) is 0 Å². The van der Waals surface area contributed by atoms with Gasteiger partial charge in [0.25, 0.3) is 0 Å². The second-order valence-corrected chi connectivity index (χ2v) is 4.60. The Balaban J connectivity index is 2.05. The molecule has 0 bridgehead atoms. The molecule has 1 saturated heterocycles. The van der Waals surface area contributed by atoms with Crippen LogP contribution in [0.15, 0.2) is 6.33 Å². The number of hydrogen-bond donors (Lipinski definition) is 3. The Bertz CT molecular complexity index is 614. The van der Waals surface area contributed by atoms with Crippen LogP contribution in [-0.2, 0) is 4.74 Å². The molecule has 0 aromatic carbocycles. The lowest BCUT2D eigenvalue weighted by Gasteiger charge is -2.12. The van der Waals surface area contributed by atoms with E-state index in [-0.39, 0.29) is 6.61 Å². The van der Waals surface area contributed by atoms with Crippen molar-refractivity contribution < 1.29 is 14.9 Å². The highest BCUT2D eigenvalue weighted by atomic mass is 16.5. The maximum atomic E-state index is 9.77. The molecule has 3 atom stereocenters. The van der Waals surface area contributed by atoms with Gasteiger partial charge >= 0.3 is 0 Å². The van der Waals surface area contributed by atoms with E-state index in [1.165, 1.54) is 6.33 Å². The SMILES string of the molecule is Cc1nn(C2CC(O)C(CO)O2)c2ncnc(N)c12. The number of aliphatic hydroxyl groups is 2. The summed E-state index contributed by atoms with van der Waals surface area (Å²) in [5, 5.41) is 23.9. The fourth-order valence-corrected chi connectivity index (χ4v) is 2.40. The van der Waals surface area contributed by atoms with Crippen molar-refractivity contribution in [1.82, 2.24) is 19.7 Å². The van der Waals surface area contributed by atoms with E-state index in [0.29, 0.717) is 29.0 Å². The number of nitrogen functional groups attached to an aromatic ring is 1. The van der Waals surface area contributed by atoms with Crippen LogP contribution in [0.4, 0.5) is 5.82 Å². The van der Waals surface area contributed by atoms with E-state index in [9.17, 15) is 5.11 Å². The third kappa shape index (κ3) is 1.84. The third-order valence-electron chi connectivity index (χ3n) is 3.35. The summed E-state index contributed by atoms with van der Waals surface area (Å²) < 4.78 is 7.15. The number of nitrogens with two attached hydrogens (primary N) is 1. The molecule has 4 N–H and O–H groups in total. The molecular formula is C11H15N5O3. The summed E-state index contributed by atoms with van der Waals surface area (Å²) in [5.74, 6) is 0.367. The summed E-state index contributed by atoms with van der Waals surface area (Å²) >= 11 is 0. The van der Waals surface area contributed by atoms with E-state index >= 15 is 0 Å². The molecule has 2 aromatic rings. The first-order chi connectivity index (χ1) is 9.11. The van der Waals surface area contributed by atoms with Gasteiger partial charge in [-0.3, -0.25) is 0 Å². The van der Waals surface area contributed by atoms with Crippen LogP contribution >= 0.6 is 0 Å². The predicted molar refractivity (Wildman–Crippen MR) is 66.1 cm³/mol. The van der Waals surface area contributed by atoms with Crippen LogP contribution < -0.4 is 5.73 Å². The van der Waals surface area contributed by atoms with Crippen LogP contribution in [0.3, 0.4) is 0 Å². The molecule has 1 aliphatic rings. The molecule has 3 rings (SSSR count). The largest absolute Gasteiger partial charge is 0.394 e. The van der Waals surface area contributed by atoms with E-state index < -0.39 is 18.4 Å². The quantitative estimate of drug-likeness (QED) is 0.660. The molecule has 3 heterocycles.